The summed E-state index contributed by atoms with van der Waals surface area (Å²) in [5.41, 5.74) is 1.05. The predicted molar refractivity (Wildman–Crippen MR) is 87.7 cm³/mol. The van der Waals surface area contributed by atoms with E-state index in [1.54, 1.807) is 0 Å². The summed E-state index contributed by atoms with van der Waals surface area (Å²) in [6.07, 6.45) is 0.526. The molecular formula is C18H21F2N3O. The van der Waals surface area contributed by atoms with Crippen LogP contribution in [0.3, 0.4) is 0 Å². The number of nitrogens with one attached hydrogen (secondary N) is 1. The third-order valence-electron chi connectivity index (χ3n) is 4.31. The topological polar surface area (TPSA) is 49.0 Å². The number of nitrogens with zero attached hydrogens (tertiary/aromatic N) is 2. The van der Waals surface area contributed by atoms with Crippen molar-refractivity contribution in [1.29, 1.82) is 0 Å². The van der Waals surface area contributed by atoms with Crippen molar-refractivity contribution in [1.82, 2.24) is 14.9 Å². The zero-order valence-corrected chi connectivity index (χ0v) is 14.1. The van der Waals surface area contributed by atoms with Gasteiger partial charge in [0.2, 0.25) is 0 Å². The van der Waals surface area contributed by atoms with Crippen LogP contribution in [0, 0.1) is 11.6 Å². The van der Waals surface area contributed by atoms with E-state index in [9.17, 15) is 13.6 Å². The van der Waals surface area contributed by atoms with Gasteiger partial charge in [-0.2, -0.15) is 0 Å². The number of hydrogen-bond donors (Lipinski definition) is 1. The van der Waals surface area contributed by atoms with E-state index in [2.05, 4.69) is 9.97 Å². The molecule has 4 nitrogen and oxygen atoms in total. The summed E-state index contributed by atoms with van der Waals surface area (Å²) in [6.45, 7) is 7.08. The highest BCUT2D eigenvalue weighted by atomic mass is 19.1. The van der Waals surface area contributed by atoms with Gasteiger partial charge in [-0.15, -0.1) is 0 Å². The molecule has 1 aliphatic rings. The van der Waals surface area contributed by atoms with E-state index in [0.717, 1.165) is 0 Å². The number of rotatable bonds is 2. The molecule has 1 aromatic heterocycles. The summed E-state index contributed by atoms with van der Waals surface area (Å²) in [6, 6.07) is 3.88. The molecule has 0 aliphatic carbocycles. The van der Waals surface area contributed by atoms with Crippen molar-refractivity contribution >= 4 is 0 Å². The van der Waals surface area contributed by atoms with E-state index < -0.39 is 11.6 Å². The van der Waals surface area contributed by atoms with Crippen LogP contribution in [-0.2, 0) is 24.9 Å². The second-order valence-corrected chi connectivity index (χ2v) is 7.25. The SMILES string of the molecule is CC(C)(C)c1nc2c(c(=O)[nH]1)CCN(Cc1c(F)cccc1F)C2. The maximum Gasteiger partial charge on any atom is 0.254 e. The molecule has 0 spiro atoms. The average Bonchev–Trinajstić information content (AvgIpc) is 2.50. The smallest absolute Gasteiger partial charge is 0.254 e. The Morgan fingerprint density at radius 3 is 2.54 bits per heavy atom. The monoisotopic (exact) mass is 333 g/mol. The van der Waals surface area contributed by atoms with Crippen molar-refractivity contribution in [2.45, 2.75) is 45.7 Å². The fraction of sp³-hybridized carbons (Fsp3) is 0.444. The third-order valence-corrected chi connectivity index (χ3v) is 4.31. The summed E-state index contributed by atoms with van der Waals surface area (Å²) >= 11 is 0. The normalized spacial score (nSPS) is 15.4. The molecule has 3 rings (SSSR count). The van der Waals surface area contributed by atoms with Crippen LogP contribution in [0.2, 0.25) is 0 Å². The van der Waals surface area contributed by atoms with Crippen molar-refractivity contribution < 1.29 is 8.78 Å². The van der Waals surface area contributed by atoms with Crippen LogP contribution in [0.15, 0.2) is 23.0 Å². The third kappa shape index (κ3) is 3.24. The molecule has 1 aromatic carbocycles. The molecule has 6 heteroatoms. The van der Waals surface area contributed by atoms with Crippen molar-refractivity contribution in [3.63, 3.8) is 0 Å². The quantitative estimate of drug-likeness (QED) is 0.919. The first-order chi connectivity index (χ1) is 11.3. The Morgan fingerprint density at radius 2 is 1.92 bits per heavy atom. The standard InChI is InChI=1S/C18H21F2N3O/c1-18(2,3)17-21-15-10-23(8-7-11(15)16(24)22-17)9-12-13(19)5-4-6-14(12)20/h4-6H,7-10H2,1-3H3,(H,21,22,24). The van der Waals surface area contributed by atoms with Gasteiger partial charge in [0, 0.05) is 36.2 Å². The minimum absolute atomic E-state index is 0.0573. The molecule has 24 heavy (non-hydrogen) atoms. The molecule has 0 fully saturated rings. The van der Waals surface area contributed by atoms with E-state index in [1.807, 2.05) is 25.7 Å². The first kappa shape index (κ1) is 16.8. The van der Waals surface area contributed by atoms with Gasteiger partial charge in [0.1, 0.15) is 17.5 Å². The van der Waals surface area contributed by atoms with Crippen LogP contribution < -0.4 is 5.56 Å². The summed E-state index contributed by atoms with van der Waals surface area (Å²) < 4.78 is 27.7. The largest absolute Gasteiger partial charge is 0.310 e. The van der Waals surface area contributed by atoms with Gasteiger partial charge in [0.25, 0.3) is 5.56 Å². The second kappa shape index (κ2) is 6.09. The highest BCUT2D eigenvalue weighted by Gasteiger charge is 2.25. The molecule has 128 valence electrons. The van der Waals surface area contributed by atoms with Gasteiger partial charge < -0.3 is 4.98 Å². The lowest BCUT2D eigenvalue weighted by Crippen LogP contribution is -2.37. The Bertz CT molecular complexity index is 804. The Balaban J connectivity index is 1.89. The number of aromatic nitrogens is 2. The van der Waals surface area contributed by atoms with Gasteiger partial charge in [-0.25, -0.2) is 13.8 Å². The molecule has 0 amide bonds. The maximum absolute atomic E-state index is 13.8. The first-order valence-corrected chi connectivity index (χ1v) is 8.03. The predicted octanol–water partition coefficient (Wildman–Crippen LogP) is 2.90. The van der Waals surface area contributed by atoms with Crippen molar-refractivity contribution in [2.75, 3.05) is 6.54 Å². The lowest BCUT2D eigenvalue weighted by Gasteiger charge is -2.29. The van der Waals surface area contributed by atoms with Crippen molar-refractivity contribution in [3.05, 3.63) is 62.8 Å². The van der Waals surface area contributed by atoms with Gasteiger partial charge in [0.15, 0.2) is 0 Å². The molecule has 1 N–H and O–H groups in total. The lowest BCUT2D eigenvalue weighted by atomic mass is 9.95. The summed E-state index contributed by atoms with van der Waals surface area (Å²) in [4.78, 5) is 21.6. The Kier molecular flexibility index (Phi) is 4.25. The first-order valence-electron chi connectivity index (χ1n) is 8.03. The van der Waals surface area contributed by atoms with Crippen molar-refractivity contribution in [3.8, 4) is 0 Å². The van der Waals surface area contributed by atoms with Crippen LogP contribution in [-0.4, -0.2) is 21.4 Å². The number of hydrogen-bond acceptors (Lipinski definition) is 3. The van der Waals surface area contributed by atoms with Crippen LogP contribution in [0.5, 0.6) is 0 Å². The molecule has 2 heterocycles. The van der Waals surface area contributed by atoms with Crippen LogP contribution in [0.1, 0.15) is 43.4 Å². The highest BCUT2D eigenvalue weighted by Crippen LogP contribution is 2.22. The number of aromatic amines is 1. The van der Waals surface area contributed by atoms with Gasteiger partial charge in [-0.05, 0) is 18.6 Å². The molecule has 0 radical (unpaired) electrons. The van der Waals surface area contributed by atoms with Gasteiger partial charge in [-0.3, -0.25) is 9.69 Å². The average molecular weight is 333 g/mol. The molecule has 0 saturated carbocycles. The van der Waals surface area contributed by atoms with Gasteiger partial charge in [-0.1, -0.05) is 26.8 Å². The minimum Gasteiger partial charge on any atom is -0.310 e. The summed E-state index contributed by atoms with van der Waals surface area (Å²) in [5, 5.41) is 0. The van der Waals surface area contributed by atoms with Crippen LogP contribution >= 0.6 is 0 Å². The second-order valence-electron chi connectivity index (χ2n) is 7.25. The summed E-state index contributed by atoms with van der Waals surface area (Å²) in [7, 11) is 0. The van der Waals surface area contributed by atoms with Gasteiger partial charge >= 0.3 is 0 Å². The van der Waals surface area contributed by atoms with E-state index in [4.69, 9.17) is 0 Å². The molecule has 2 aromatic rings. The Hall–Kier alpha value is -2.08. The highest BCUT2D eigenvalue weighted by molar-refractivity contribution is 5.24. The molecule has 0 atom stereocenters. The molecule has 0 bridgehead atoms. The zero-order chi connectivity index (χ0) is 17.5. The van der Waals surface area contributed by atoms with Crippen LogP contribution in [0.25, 0.3) is 0 Å². The van der Waals surface area contributed by atoms with E-state index in [0.29, 0.717) is 36.6 Å². The van der Waals surface area contributed by atoms with Gasteiger partial charge in [0.05, 0.1) is 5.69 Å². The number of benzene rings is 1. The minimum atomic E-state index is -0.546. The van der Waals surface area contributed by atoms with E-state index >= 15 is 0 Å². The molecule has 1 aliphatic heterocycles. The zero-order valence-electron chi connectivity index (χ0n) is 14.1. The Morgan fingerprint density at radius 1 is 1.25 bits per heavy atom. The molecule has 0 saturated heterocycles. The fourth-order valence-electron chi connectivity index (χ4n) is 2.89. The molecule has 0 unspecified atom stereocenters. The van der Waals surface area contributed by atoms with Crippen LogP contribution in [0.4, 0.5) is 8.78 Å². The number of H-pyrrole nitrogens is 1. The summed E-state index contributed by atoms with van der Waals surface area (Å²) in [5.74, 6) is -0.463. The maximum atomic E-state index is 13.8. The van der Waals surface area contributed by atoms with Crippen molar-refractivity contribution in [2.24, 2.45) is 0 Å². The lowest BCUT2D eigenvalue weighted by molar-refractivity contribution is 0.232. The number of halogens is 2. The number of fused-ring (bicyclic) bond motifs is 1. The van der Waals surface area contributed by atoms with E-state index in [1.165, 1.54) is 18.2 Å². The van der Waals surface area contributed by atoms with E-state index in [-0.39, 0.29) is 23.1 Å². The Labute approximate surface area is 139 Å². The fourth-order valence-corrected chi connectivity index (χ4v) is 2.89. The molecular weight excluding hydrogens is 312 g/mol.